The van der Waals surface area contributed by atoms with Crippen LogP contribution in [0.2, 0.25) is 0 Å². The zero-order valence-corrected chi connectivity index (χ0v) is 20.0. The molecule has 4 bridgehead atoms. The molecule has 0 aromatic carbocycles. The molecule has 0 aliphatic heterocycles. The van der Waals surface area contributed by atoms with Gasteiger partial charge in [0.25, 0.3) is 0 Å². The summed E-state index contributed by atoms with van der Waals surface area (Å²) in [7, 11) is 1.77. The van der Waals surface area contributed by atoms with E-state index in [9.17, 15) is 9.59 Å². The van der Waals surface area contributed by atoms with Crippen molar-refractivity contribution in [2.24, 2.45) is 23.2 Å². The molecule has 4 saturated carbocycles. The van der Waals surface area contributed by atoms with Crippen molar-refractivity contribution in [2.45, 2.75) is 97.5 Å². The number of hydrogen-bond donors (Lipinski definition) is 0. The van der Waals surface area contributed by atoms with Crippen LogP contribution in [0.15, 0.2) is 0 Å². The average molecular weight is 421 g/mol. The fourth-order valence-corrected chi connectivity index (χ4v) is 6.52. The second-order valence-corrected chi connectivity index (χ2v) is 11.6. The van der Waals surface area contributed by atoms with Crippen molar-refractivity contribution >= 4 is 12.0 Å². The van der Waals surface area contributed by atoms with Crippen LogP contribution in [0.3, 0.4) is 0 Å². The number of rotatable bonds is 9. The first kappa shape index (κ1) is 23.4. The van der Waals surface area contributed by atoms with Gasteiger partial charge in [0.1, 0.15) is 5.60 Å². The second kappa shape index (κ2) is 9.48. The topological polar surface area (TPSA) is 49.9 Å². The number of carbonyl (C=O) groups is 2. The summed E-state index contributed by atoms with van der Waals surface area (Å²) in [6, 6.07) is 0. The van der Waals surface area contributed by atoms with Gasteiger partial charge >= 0.3 is 6.09 Å². The van der Waals surface area contributed by atoms with E-state index >= 15 is 0 Å². The Morgan fingerprint density at radius 2 is 1.53 bits per heavy atom. The Labute approximate surface area is 183 Å². The van der Waals surface area contributed by atoms with Crippen LogP contribution in [-0.2, 0) is 9.53 Å². The number of likely N-dealkylation sites (N-methyl/N-ethyl adjacent to an activating group) is 1. The van der Waals surface area contributed by atoms with Gasteiger partial charge in [0.05, 0.1) is 0 Å². The van der Waals surface area contributed by atoms with Gasteiger partial charge in [-0.05, 0) is 95.3 Å². The molecule has 0 heterocycles. The van der Waals surface area contributed by atoms with Crippen LogP contribution >= 0.6 is 0 Å². The molecule has 0 saturated heterocycles. The quantitative estimate of drug-likeness (QED) is 0.496. The first-order valence-electron chi connectivity index (χ1n) is 12.3. The minimum absolute atomic E-state index is 0.249. The van der Waals surface area contributed by atoms with Crippen molar-refractivity contribution in [3.8, 4) is 0 Å². The van der Waals surface area contributed by atoms with Crippen molar-refractivity contribution in [3.63, 3.8) is 0 Å². The monoisotopic (exact) mass is 420 g/mol. The minimum atomic E-state index is -0.500. The Balaban J connectivity index is 1.56. The molecule has 5 heteroatoms. The highest BCUT2D eigenvalue weighted by Gasteiger charge is 2.50. The first-order valence-corrected chi connectivity index (χ1v) is 12.3. The van der Waals surface area contributed by atoms with E-state index in [1.54, 1.807) is 11.9 Å². The molecule has 30 heavy (non-hydrogen) atoms. The lowest BCUT2D eigenvalue weighted by molar-refractivity contribution is -0.132. The Kier molecular flexibility index (Phi) is 7.40. The number of carbonyl (C=O) groups excluding carboxylic acids is 2. The fourth-order valence-electron chi connectivity index (χ4n) is 6.52. The fraction of sp³-hybridized carbons (Fsp3) is 0.920. The van der Waals surface area contributed by atoms with Gasteiger partial charge < -0.3 is 14.5 Å². The SMILES string of the molecule is CCCCC(=O)N(CCN(C)C(=O)OC(C)(C)C)CCC12CC3CC(CC(C3)C1)C2. The van der Waals surface area contributed by atoms with Gasteiger partial charge in [-0.1, -0.05) is 13.3 Å². The first-order chi connectivity index (χ1) is 14.1. The maximum atomic E-state index is 12.9. The number of unbranched alkanes of at least 4 members (excludes halogenated alkanes) is 1. The zero-order chi connectivity index (χ0) is 21.9. The largest absolute Gasteiger partial charge is 0.444 e. The molecule has 4 fully saturated rings. The maximum absolute atomic E-state index is 12.9. The smallest absolute Gasteiger partial charge is 0.410 e. The van der Waals surface area contributed by atoms with Crippen molar-refractivity contribution in [1.29, 1.82) is 0 Å². The van der Waals surface area contributed by atoms with Gasteiger partial charge in [-0.2, -0.15) is 0 Å². The normalized spacial score (nSPS) is 29.7. The van der Waals surface area contributed by atoms with E-state index < -0.39 is 5.60 Å². The molecule has 0 spiro atoms. The predicted molar refractivity (Wildman–Crippen MR) is 120 cm³/mol. The van der Waals surface area contributed by atoms with E-state index in [0.717, 1.165) is 43.6 Å². The van der Waals surface area contributed by atoms with Crippen LogP contribution in [0.5, 0.6) is 0 Å². The van der Waals surface area contributed by atoms with Gasteiger partial charge in [0, 0.05) is 33.1 Å². The molecule has 0 aromatic heterocycles. The Morgan fingerprint density at radius 3 is 2.03 bits per heavy atom. The van der Waals surface area contributed by atoms with Crippen LogP contribution in [0.4, 0.5) is 4.79 Å². The molecule has 4 aliphatic rings. The lowest BCUT2D eigenvalue weighted by Gasteiger charge is -2.57. The molecular formula is C25H44N2O3. The number of nitrogens with zero attached hydrogens (tertiary/aromatic N) is 2. The molecule has 0 radical (unpaired) electrons. The van der Waals surface area contributed by atoms with Crippen molar-refractivity contribution in [1.82, 2.24) is 9.80 Å². The van der Waals surface area contributed by atoms with E-state index in [-0.39, 0.29) is 12.0 Å². The Bertz CT molecular complexity index is 575. The van der Waals surface area contributed by atoms with E-state index in [1.807, 2.05) is 25.7 Å². The van der Waals surface area contributed by atoms with Crippen LogP contribution < -0.4 is 0 Å². The lowest BCUT2D eigenvalue weighted by atomic mass is 9.49. The second-order valence-electron chi connectivity index (χ2n) is 11.6. The highest BCUT2D eigenvalue weighted by Crippen LogP contribution is 2.61. The Morgan fingerprint density at radius 1 is 0.967 bits per heavy atom. The molecule has 0 unspecified atom stereocenters. The van der Waals surface area contributed by atoms with E-state index in [4.69, 9.17) is 4.74 Å². The third-order valence-corrected chi connectivity index (χ3v) is 7.58. The van der Waals surface area contributed by atoms with Crippen molar-refractivity contribution in [3.05, 3.63) is 0 Å². The molecule has 0 N–H and O–H groups in total. The number of ether oxygens (including phenoxy) is 1. The number of amides is 2. The zero-order valence-electron chi connectivity index (χ0n) is 20.0. The van der Waals surface area contributed by atoms with E-state index in [1.165, 1.54) is 38.5 Å². The summed E-state index contributed by atoms with van der Waals surface area (Å²) in [5.41, 5.74) is -0.0183. The van der Waals surface area contributed by atoms with Gasteiger partial charge in [-0.3, -0.25) is 4.79 Å². The van der Waals surface area contributed by atoms with Gasteiger partial charge in [0.15, 0.2) is 0 Å². The molecule has 4 rings (SSSR count). The standard InChI is InChI=1S/C25H44N2O3/c1-6-7-8-22(28)27(12-11-26(5)23(29)30-24(2,3)4)10-9-25-16-19-13-20(17-25)15-21(14-19)18-25/h19-21H,6-18H2,1-5H3. The van der Waals surface area contributed by atoms with Gasteiger partial charge in [-0.15, -0.1) is 0 Å². The molecule has 5 nitrogen and oxygen atoms in total. The van der Waals surface area contributed by atoms with E-state index in [0.29, 0.717) is 24.9 Å². The van der Waals surface area contributed by atoms with Gasteiger partial charge in [-0.25, -0.2) is 4.79 Å². The van der Waals surface area contributed by atoms with E-state index in [2.05, 4.69) is 6.92 Å². The highest BCUT2D eigenvalue weighted by atomic mass is 16.6. The Hall–Kier alpha value is -1.26. The van der Waals surface area contributed by atoms with Crippen LogP contribution in [0.1, 0.15) is 91.9 Å². The van der Waals surface area contributed by atoms with Crippen LogP contribution in [-0.4, -0.2) is 54.1 Å². The molecule has 0 aromatic rings. The lowest BCUT2D eigenvalue weighted by Crippen LogP contribution is -2.48. The molecule has 172 valence electrons. The molecule has 0 atom stereocenters. The predicted octanol–water partition coefficient (Wildman–Crippen LogP) is 5.48. The van der Waals surface area contributed by atoms with Crippen LogP contribution in [0.25, 0.3) is 0 Å². The summed E-state index contributed by atoms with van der Waals surface area (Å²) in [6.07, 6.45) is 11.9. The summed E-state index contributed by atoms with van der Waals surface area (Å²) in [5, 5.41) is 0. The summed E-state index contributed by atoms with van der Waals surface area (Å²) >= 11 is 0. The summed E-state index contributed by atoms with van der Waals surface area (Å²) in [5.74, 6) is 3.08. The minimum Gasteiger partial charge on any atom is -0.444 e. The summed E-state index contributed by atoms with van der Waals surface area (Å²) in [6.45, 7) is 9.74. The maximum Gasteiger partial charge on any atom is 0.410 e. The van der Waals surface area contributed by atoms with Crippen LogP contribution in [0, 0.1) is 23.2 Å². The van der Waals surface area contributed by atoms with Gasteiger partial charge in [0.2, 0.25) is 5.91 Å². The molecule has 2 amide bonds. The van der Waals surface area contributed by atoms with Crippen molar-refractivity contribution in [2.75, 3.05) is 26.7 Å². The molecule has 4 aliphatic carbocycles. The molecular weight excluding hydrogens is 376 g/mol. The summed E-state index contributed by atoms with van der Waals surface area (Å²) in [4.78, 5) is 28.9. The highest BCUT2D eigenvalue weighted by molar-refractivity contribution is 5.76. The number of hydrogen-bond acceptors (Lipinski definition) is 3. The van der Waals surface area contributed by atoms with Crippen molar-refractivity contribution < 1.29 is 14.3 Å². The summed E-state index contributed by atoms with van der Waals surface area (Å²) < 4.78 is 5.47. The third-order valence-electron chi connectivity index (χ3n) is 7.58. The third kappa shape index (κ3) is 6.13. The average Bonchev–Trinajstić information content (AvgIpc) is 2.63.